The van der Waals surface area contributed by atoms with E-state index in [1.165, 1.54) is 0 Å². The number of hydrogen-bond acceptors (Lipinski definition) is 4. The molecule has 1 unspecified atom stereocenters. The van der Waals surface area contributed by atoms with E-state index in [9.17, 15) is 0 Å². The number of aromatic nitrogens is 3. The molecule has 2 rings (SSSR count). The van der Waals surface area contributed by atoms with Crippen LogP contribution in [0, 0.1) is 5.92 Å². The summed E-state index contributed by atoms with van der Waals surface area (Å²) < 4.78 is 1.95. The predicted molar refractivity (Wildman–Crippen MR) is 48.8 cm³/mol. The van der Waals surface area contributed by atoms with Gasteiger partial charge in [-0.25, -0.2) is 9.67 Å². The monoisotopic (exact) mass is 181 g/mol. The topological polar surface area (TPSA) is 82.8 Å². The molecule has 13 heavy (non-hydrogen) atoms. The highest BCUT2D eigenvalue weighted by Gasteiger charge is 2.20. The second kappa shape index (κ2) is 3.43. The van der Waals surface area contributed by atoms with E-state index in [2.05, 4.69) is 10.1 Å². The zero-order valence-electron chi connectivity index (χ0n) is 7.61. The van der Waals surface area contributed by atoms with Gasteiger partial charge >= 0.3 is 0 Å². The minimum Gasteiger partial charge on any atom is -0.330 e. The summed E-state index contributed by atoms with van der Waals surface area (Å²) in [6.07, 6.45) is 2.06. The Kier molecular flexibility index (Phi) is 2.28. The Bertz CT molecular complexity index is 293. The van der Waals surface area contributed by atoms with Crippen LogP contribution in [0.2, 0.25) is 0 Å². The molecule has 1 aromatic rings. The molecule has 0 aliphatic carbocycles. The average Bonchev–Trinajstić information content (AvgIpc) is 2.58. The SMILES string of the molecule is NCc1nc2n(n1)CCC(CN)C2. The fourth-order valence-corrected chi connectivity index (χ4v) is 1.71. The van der Waals surface area contributed by atoms with Gasteiger partial charge in [0, 0.05) is 13.0 Å². The van der Waals surface area contributed by atoms with Crippen LogP contribution >= 0.6 is 0 Å². The molecule has 5 nitrogen and oxygen atoms in total. The molecule has 0 fully saturated rings. The van der Waals surface area contributed by atoms with E-state index in [0.29, 0.717) is 12.5 Å². The summed E-state index contributed by atoms with van der Waals surface area (Å²) in [6, 6.07) is 0. The number of aryl methyl sites for hydroxylation is 1. The number of nitrogens with zero attached hydrogens (tertiary/aromatic N) is 3. The third-order valence-electron chi connectivity index (χ3n) is 2.53. The minimum atomic E-state index is 0.424. The first-order valence-electron chi connectivity index (χ1n) is 4.66. The normalized spacial score (nSPS) is 21.5. The van der Waals surface area contributed by atoms with Crippen molar-refractivity contribution in [3.8, 4) is 0 Å². The second-order valence-electron chi connectivity index (χ2n) is 3.47. The van der Waals surface area contributed by atoms with Gasteiger partial charge in [-0.1, -0.05) is 0 Å². The summed E-state index contributed by atoms with van der Waals surface area (Å²) in [7, 11) is 0. The molecule has 1 aliphatic rings. The highest BCUT2D eigenvalue weighted by Crippen LogP contribution is 2.17. The summed E-state index contributed by atoms with van der Waals surface area (Å²) in [5.74, 6) is 2.36. The van der Waals surface area contributed by atoms with Gasteiger partial charge in [-0.3, -0.25) is 0 Å². The molecule has 1 aliphatic heterocycles. The van der Waals surface area contributed by atoms with Crippen LogP contribution in [-0.4, -0.2) is 21.3 Å². The third-order valence-corrected chi connectivity index (χ3v) is 2.53. The van der Waals surface area contributed by atoms with Crippen molar-refractivity contribution in [1.29, 1.82) is 0 Å². The van der Waals surface area contributed by atoms with Gasteiger partial charge in [-0.05, 0) is 18.9 Å². The maximum atomic E-state index is 5.62. The zero-order valence-corrected chi connectivity index (χ0v) is 7.61. The van der Waals surface area contributed by atoms with Gasteiger partial charge in [0.1, 0.15) is 5.82 Å². The molecular formula is C8H15N5. The minimum absolute atomic E-state index is 0.424. The Balaban J connectivity index is 2.19. The summed E-state index contributed by atoms with van der Waals surface area (Å²) in [4.78, 5) is 4.34. The quantitative estimate of drug-likeness (QED) is 0.629. The van der Waals surface area contributed by atoms with Gasteiger partial charge in [0.25, 0.3) is 0 Å². The van der Waals surface area contributed by atoms with Crippen molar-refractivity contribution in [2.45, 2.75) is 25.9 Å². The lowest BCUT2D eigenvalue weighted by molar-refractivity contribution is 0.369. The van der Waals surface area contributed by atoms with E-state index in [0.717, 1.165) is 37.6 Å². The number of nitrogens with two attached hydrogens (primary N) is 2. The first kappa shape index (κ1) is 8.65. The van der Waals surface area contributed by atoms with Crippen LogP contribution < -0.4 is 11.5 Å². The number of fused-ring (bicyclic) bond motifs is 1. The highest BCUT2D eigenvalue weighted by molar-refractivity contribution is 4.97. The molecule has 0 saturated carbocycles. The van der Waals surface area contributed by atoms with Crippen LogP contribution in [-0.2, 0) is 19.5 Å². The maximum absolute atomic E-state index is 5.62. The molecule has 0 bridgehead atoms. The van der Waals surface area contributed by atoms with Crippen molar-refractivity contribution in [2.24, 2.45) is 17.4 Å². The summed E-state index contributed by atoms with van der Waals surface area (Å²) in [6.45, 7) is 2.10. The Morgan fingerprint density at radius 2 is 2.31 bits per heavy atom. The first-order valence-corrected chi connectivity index (χ1v) is 4.66. The van der Waals surface area contributed by atoms with Gasteiger partial charge < -0.3 is 11.5 Å². The molecule has 5 heteroatoms. The lowest BCUT2D eigenvalue weighted by Gasteiger charge is -2.19. The Hall–Kier alpha value is -0.940. The molecule has 1 aromatic heterocycles. The van der Waals surface area contributed by atoms with E-state index in [1.54, 1.807) is 0 Å². The van der Waals surface area contributed by atoms with E-state index in [4.69, 9.17) is 11.5 Å². The maximum Gasteiger partial charge on any atom is 0.164 e. The largest absolute Gasteiger partial charge is 0.330 e. The standard InChI is InChI=1S/C8H15N5/c9-4-6-1-2-13-8(3-6)11-7(5-10)12-13/h6H,1-5,9-10H2. The molecule has 0 amide bonds. The molecule has 0 saturated heterocycles. The van der Waals surface area contributed by atoms with Gasteiger partial charge in [0.05, 0.1) is 6.54 Å². The fraction of sp³-hybridized carbons (Fsp3) is 0.750. The summed E-state index contributed by atoms with van der Waals surface area (Å²) in [5, 5.41) is 4.28. The van der Waals surface area contributed by atoms with Crippen LogP contribution in [0.15, 0.2) is 0 Å². The van der Waals surface area contributed by atoms with E-state index in [-0.39, 0.29) is 0 Å². The average molecular weight is 181 g/mol. The fourth-order valence-electron chi connectivity index (χ4n) is 1.71. The van der Waals surface area contributed by atoms with Crippen molar-refractivity contribution in [3.05, 3.63) is 11.6 Å². The molecule has 2 heterocycles. The Morgan fingerprint density at radius 3 is 3.00 bits per heavy atom. The first-order chi connectivity index (χ1) is 6.33. The van der Waals surface area contributed by atoms with Gasteiger partial charge in [0.15, 0.2) is 5.82 Å². The smallest absolute Gasteiger partial charge is 0.164 e. The third kappa shape index (κ3) is 1.57. The summed E-state index contributed by atoms with van der Waals surface area (Å²) in [5.41, 5.74) is 11.1. The predicted octanol–water partition coefficient (Wildman–Crippen LogP) is -0.742. The van der Waals surface area contributed by atoms with E-state index >= 15 is 0 Å². The number of rotatable bonds is 2. The van der Waals surface area contributed by atoms with Crippen molar-refractivity contribution in [3.63, 3.8) is 0 Å². The van der Waals surface area contributed by atoms with E-state index < -0.39 is 0 Å². The van der Waals surface area contributed by atoms with Crippen LogP contribution in [0.5, 0.6) is 0 Å². The lowest BCUT2D eigenvalue weighted by atomic mass is 9.99. The number of hydrogen-bond donors (Lipinski definition) is 2. The molecule has 0 spiro atoms. The van der Waals surface area contributed by atoms with Crippen LogP contribution in [0.4, 0.5) is 0 Å². The van der Waals surface area contributed by atoms with Crippen molar-refractivity contribution < 1.29 is 0 Å². The van der Waals surface area contributed by atoms with Crippen LogP contribution in [0.1, 0.15) is 18.1 Å². The van der Waals surface area contributed by atoms with Crippen molar-refractivity contribution in [2.75, 3.05) is 6.54 Å². The van der Waals surface area contributed by atoms with Gasteiger partial charge in [-0.15, -0.1) is 0 Å². The van der Waals surface area contributed by atoms with Crippen molar-refractivity contribution >= 4 is 0 Å². The molecule has 0 aromatic carbocycles. The van der Waals surface area contributed by atoms with Crippen molar-refractivity contribution in [1.82, 2.24) is 14.8 Å². The second-order valence-corrected chi connectivity index (χ2v) is 3.47. The lowest BCUT2D eigenvalue weighted by Crippen LogP contribution is -2.26. The Labute approximate surface area is 77.1 Å². The zero-order chi connectivity index (χ0) is 9.26. The summed E-state index contributed by atoms with van der Waals surface area (Å²) >= 11 is 0. The molecule has 4 N–H and O–H groups in total. The Morgan fingerprint density at radius 1 is 1.46 bits per heavy atom. The van der Waals surface area contributed by atoms with Crippen LogP contribution in [0.3, 0.4) is 0 Å². The molecule has 1 atom stereocenters. The highest BCUT2D eigenvalue weighted by atomic mass is 15.4. The molecular weight excluding hydrogens is 166 g/mol. The van der Waals surface area contributed by atoms with Crippen LogP contribution in [0.25, 0.3) is 0 Å². The molecule has 72 valence electrons. The van der Waals surface area contributed by atoms with Gasteiger partial charge in [0.2, 0.25) is 0 Å². The van der Waals surface area contributed by atoms with E-state index in [1.807, 2.05) is 4.68 Å². The molecule has 0 radical (unpaired) electrons. The van der Waals surface area contributed by atoms with Gasteiger partial charge in [-0.2, -0.15) is 5.10 Å².